The Hall–Kier alpha value is -1.51. The zero-order chi connectivity index (χ0) is 9.68. The Labute approximate surface area is 77.6 Å². The molecule has 13 heavy (non-hydrogen) atoms. The third kappa shape index (κ3) is 1.99. The minimum Gasteiger partial charge on any atom is -0.496 e. The first-order chi connectivity index (χ1) is 6.33. The van der Waals surface area contributed by atoms with Gasteiger partial charge in [0.25, 0.3) is 7.11 Å². The molecular weight excluding hydrogens is 168 g/mol. The Bertz CT molecular complexity index is 283. The van der Waals surface area contributed by atoms with E-state index in [9.17, 15) is 0 Å². The molecule has 0 heterocycles. The van der Waals surface area contributed by atoms with Crippen molar-refractivity contribution in [1.29, 1.82) is 0 Å². The fourth-order valence-corrected chi connectivity index (χ4v) is 1.11. The number of hydrogen-bond acceptors (Lipinski definition) is 2. The van der Waals surface area contributed by atoms with Crippen LogP contribution in [0.2, 0.25) is 0 Å². The van der Waals surface area contributed by atoms with Crippen molar-refractivity contribution in [3.05, 3.63) is 23.8 Å². The van der Waals surface area contributed by atoms with Gasteiger partial charge in [-0.3, -0.25) is 4.42 Å². The van der Waals surface area contributed by atoms with Gasteiger partial charge >= 0.3 is 6.29 Å². The number of rotatable bonds is 3. The fourth-order valence-electron chi connectivity index (χ4n) is 1.11. The second-order valence-electron chi connectivity index (χ2n) is 2.43. The first-order valence-corrected chi connectivity index (χ1v) is 3.90. The smallest absolute Gasteiger partial charge is 0.322 e. The molecule has 0 N–H and O–H groups in total. The van der Waals surface area contributed by atoms with Gasteiger partial charge < -0.3 is 9.47 Å². The van der Waals surface area contributed by atoms with E-state index in [4.69, 9.17) is 13.9 Å². The van der Waals surface area contributed by atoms with Crippen LogP contribution >= 0.6 is 0 Å². The summed E-state index contributed by atoms with van der Waals surface area (Å²) in [6.45, 7) is 0. The molecule has 1 aromatic carbocycles. The lowest BCUT2D eigenvalue weighted by Gasteiger charge is -2.05. The normalized spacial score (nSPS) is 10.4. The van der Waals surface area contributed by atoms with Crippen molar-refractivity contribution in [3.63, 3.8) is 0 Å². The molecule has 0 fully saturated rings. The van der Waals surface area contributed by atoms with Crippen molar-refractivity contribution in [1.82, 2.24) is 0 Å². The van der Waals surface area contributed by atoms with E-state index in [0.29, 0.717) is 0 Å². The molecule has 3 heteroatoms. The standard InChI is InChI=1S/C10H13O3/c1-11-7-8-9(12-2)5-4-6-10(8)13-3/h4-7H,1-3H3/q+1. The molecule has 1 aromatic rings. The molecule has 0 saturated carbocycles. The van der Waals surface area contributed by atoms with E-state index >= 15 is 0 Å². The van der Waals surface area contributed by atoms with Crippen LogP contribution in [0.5, 0.6) is 11.5 Å². The third-order valence-electron chi connectivity index (χ3n) is 1.70. The van der Waals surface area contributed by atoms with Crippen LogP contribution in [0.15, 0.2) is 18.2 Å². The van der Waals surface area contributed by atoms with Crippen LogP contribution < -0.4 is 9.47 Å². The maximum Gasteiger partial charge on any atom is 0.322 e. The van der Waals surface area contributed by atoms with E-state index in [1.165, 1.54) is 0 Å². The molecule has 0 aliphatic heterocycles. The number of carbonyl (C=O) groups excluding carboxylic acids is 1. The quantitative estimate of drug-likeness (QED) is 0.524. The highest BCUT2D eigenvalue weighted by Gasteiger charge is 2.11. The molecule has 0 radical (unpaired) electrons. The molecule has 70 valence electrons. The summed E-state index contributed by atoms with van der Waals surface area (Å²) >= 11 is 0. The molecule has 0 spiro atoms. The molecule has 0 bridgehead atoms. The zero-order valence-electron chi connectivity index (χ0n) is 8.03. The number of ether oxygens (including phenoxy) is 2. The van der Waals surface area contributed by atoms with Crippen LogP contribution in [0.4, 0.5) is 0 Å². The van der Waals surface area contributed by atoms with Crippen LogP contribution in [0.3, 0.4) is 0 Å². The Balaban J connectivity index is 3.21. The van der Waals surface area contributed by atoms with Crippen molar-refractivity contribution >= 4 is 6.29 Å². The van der Waals surface area contributed by atoms with Crippen LogP contribution in [0, 0.1) is 0 Å². The highest BCUT2D eigenvalue weighted by Crippen LogP contribution is 2.25. The van der Waals surface area contributed by atoms with Crippen molar-refractivity contribution in [3.8, 4) is 11.5 Å². The Kier molecular flexibility index (Phi) is 3.31. The molecule has 0 aliphatic rings. The van der Waals surface area contributed by atoms with Crippen LogP contribution in [-0.2, 0) is 0 Å². The monoisotopic (exact) mass is 181 g/mol. The lowest BCUT2D eigenvalue weighted by Crippen LogP contribution is -1.95. The van der Waals surface area contributed by atoms with E-state index in [1.807, 2.05) is 18.2 Å². The van der Waals surface area contributed by atoms with Crippen molar-refractivity contribution in [2.45, 2.75) is 0 Å². The minimum atomic E-state index is 0.737. The number of benzene rings is 1. The summed E-state index contributed by atoms with van der Waals surface area (Å²) in [6, 6.07) is 5.57. The van der Waals surface area contributed by atoms with Crippen molar-refractivity contribution in [2.75, 3.05) is 21.3 Å². The van der Waals surface area contributed by atoms with Crippen molar-refractivity contribution in [2.24, 2.45) is 0 Å². The molecule has 0 atom stereocenters. The average Bonchev–Trinajstić information content (AvgIpc) is 2.18. The maximum atomic E-state index is 5.15. The van der Waals surface area contributed by atoms with Gasteiger partial charge in [0.05, 0.1) is 14.2 Å². The summed E-state index contributed by atoms with van der Waals surface area (Å²) in [4.78, 5) is 0. The summed E-state index contributed by atoms with van der Waals surface area (Å²) in [6.07, 6.45) is 1.59. The third-order valence-corrected chi connectivity index (χ3v) is 1.70. The van der Waals surface area contributed by atoms with E-state index in [1.54, 1.807) is 27.6 Å². The Morgan fingerprint density at radius 1 is 1.15 bits per heavy atom. The topological polar surface area (TPSA) is 29.8 Å². The average molecular weight is 181 g/mol. The molecular formula is C10H13O3+. The number of methoxy groups -OCH3 is 2. The highest BCUT2D eigenvalue weighted by atomic mass is 16.5. The van der Waals surface area contributed by atoms with E-state index in [0.717, 1.165) is 17.1 Å². The summed E-state index contributed by atoms with van der Waals surface area (Å²) in [5, 5.41) is 0. The Morgan fingerprint density at radius 2 is 1.69 bits per heavy atom. The second-order valence-corrected chi connectivity index (χ2v) is 2.43. The number of hydrogen-bond donors (Lipinski definition) is 0. The zero-order valence-corrected chi connectivity index (χ0v) is 8.03. The van der Waals surface area contributed by atoms with Gasteiger partial charge in [-0.15, -0.1) is 0 Å². The van der Waals surface area contributed by atoms with E-state index in [2.05, 4.69) is 0 Å². The van der Waals surface area contributed by atoms with Gasteiger partial charge in [0.15, 0.2) is 5.56 Å². The van der Waals surface area contributed by atoms with Crippen molar-refractivity contribution < 1.29 is 13.9 Å². The van der Waals surface area contributed by atoms with Gasteiger partial charge in [-0.2, -0.15) is 0 Å². The minimum absolute atomic E-state index is 0.737. The van der Waals surface area contributed by atoms with Crippen LogP contribution in [0.25, 0.3) is 0 Å². The van der Waals surface area contributed by atoms with Gasteiger partial charge in [0, 0.05) is 0 Å². The molecule has 0 saturated heterocycles. The predicted octanol–water partition coefficient (Wildman–Crippen LogP) is 1.68. The maximum absolute atomic E-state index is 5.15. The van der Waals surface area contributed by atoms with E-state index in [-0.39, 0.29) is 0 Å². The first-order valence-electron chi connectivity index (χ1n) is 3.90. The largest absolute Gasteiger partial charge is 0.496 e. The molecule has 3 nitrogen and oxygen atoms in total. The van der Waals surface area contributed by atoms with E-state index < -0.39 is 0 Å². The van der Waals surface area contributed by atoms with Gasteiger partial charge in [-0.25, -0.2) is 0 Å². The Morgan fingerprint density at radius 3 is 2.08 bits per heavy atom. The summed E-state index contributed by atoms with van der Waals surface area (Å²) < 4.78 is 15.2. The predicted molar refractivity (Wildman–Crippen MR) is 50.9 cm³/mol. The van der Waals surface area contributed by atoms with Crippen LogP contribution in [-0.4, -0.2) is 27.6 Å². The highest BCUT2D eigenvalue weighted by molar-refractivity contribution is 5.83. The first kappa shape index (κ1) is 9.58. The fraction of sp³-hybridized carbons (Fsp3) is 0.300. The lowest BCUT2D eigenvalue weighted by atomic mass is 10.2. The van der Waals surface area contributed by atoms with Crippen LogP contribution in [0.1, 0.15) is 9.99 Å². The molecule has 0 aliphatic carbocycles. The molecule has 0 amide bonds. The molecule has 0 aromatic heterocycles. The lowest BCUT2D eigenvalue weighted by molar-refractivity contribution is -0.217. The molecule has 1 rings (SSSR count). The molecule has 0 unspecified atom stereocenters. The second kappa shape index (κ2) is 4.50. The van der Waals surface area contributed by atoms with Gasteiger partial charge in [-0.1, -0.05) is 6.07 Å². The summed E-state index contributed by atoms with van der Waals surface area (Å²) in [5.41, 5.74) is 0.815. The summed E-state index contributed by atoms with van der Waals surface area (Å²) in [7, 11) is 4.81. The van der Waals surface area contributed by atoms with Gasteiger partial charge in [0.2, 0.25) is 0 Å². The van der Waals surface area contributed by atoms with Gasteiger partial charge in [-0.05, 0) is 12.1 Å². The van der Waals surface area contributed by atoms with Gasteiger partial charge in [0.1, 0.15) is 11.5 Å². The SMILES string of the molecule is COc1cccc(OC)c1C=[O+]C. The number of aldehydes is 1. The summed E-state index contributed by atoms with van der Waals surface area (Å²) in [5.74, 6) is 1.47.